The molecule has 8 nitrogen and oxygen atoms in total. The number of nitrogens with one attached hydrogen (secondary N) is 3. The Morgan fingerprint density at radius 2 is 1.83 bits per heavy atom. The highest BCUT2D eigenvalue weighted by Crippen LogP contribution is 2.12. The van der Waals surface area contributed by atoms with Crippen molar-refractivity contribution in [1.82, 2.24) is 10.7 Å². The van der Waals surface area contributed by atoms with Gasteiger partial charge in [-0.1, -0.05) is 37.3 Å². The Morgan fingerprint density at radius 1 is 1.07 bits per heavy atom. The predicted octanol–water partition coefficient (Wildman–Crippen LogP) is 2.07. The summed E-state index contributed by atoms with van der Waals surface area (Å²) in [5, 5.41) is 9.04. The molecule has 0 aliphatic carbocycles. The van der Waals surface area contributed by atoms with Crippen molar-refractivity contribution in [3.05, 3.63) is 60.2 Å². The minimum absolute atomic E-state index is 0.0925. The third-order valence-corrected chi connectivity index (χ3v) is 3.86. The molecule has 0 spiro atoms. The molecule has 3 N–H and O–H groups in total. The number of nitrogens with zero attached hydrogens (tertiary/aromatic N) is 1. The fourth-order valence-electron chi connectivity index (χ4n) is 2.16. The topological polar surface area (TPSA) is 109 Å². The zero-order valence-corrected chi connectivity index (χ0v) is 16.3. The van der Waals surface area contributed by atoms with Gasteiger partial charge in [0, 0.05) is 11.7 Å². The van der Waals surface area contributed by atoms with E-state index in [1.165, 1.54) is 6.21 Å². The molecule has 0 aliphatic rings. The lowest BCUT2D eigenvalue weighted by atomic mass is 10.2. The van der Waals surface area contributed by atoms with Crippen molar-refractivity contribution in [2.75, 3.05) is 11.9 Å². The van der Waals surface area contributed by atoms with Crippen molar-refractivity contribution in [2.45, 2.75) is 26.3 Å². The van der Waals surface area contributed by atoms with Gasteiger partial charge < -0.3 is 15.4 Å². The second-order valence-electron chi connectivity index (χ2n) is 6.26. The summed E-state index contributed by atoms with van der Waals surface area (Å²) in [5.41, 5.74) is 3.49. The standard InChI is InChI=1S/C21H24N4O4/c1-3-15(2)23-20(27)21(28)25-22-13-16-8-7-11-18(12-16)29-14-19(26)24-17-9-5-4-6-10-17/h4-13,15H,3,14H2,1-2H3,(H,23,27)(H,24,26)(H,25,28)/b22-13-/t15-/m0/s1. The Kier molecular flexibility index (Phi) is 8.37. The molecule has 0 fully saturated rings. The number of rotatable bonds is 8. The van der Waals surface area contributed by atoms with Gasteiger partial charge in [-0.3, -0.25) is 14.4 Å². The fourth-order valence-corrected chi connectivity index (χ4v) is 2.16. The van der Waals surface area contributed by atoms with E-state index in [0.29, 0.717) is 17.0 Å². The number of carbonyl (C=O) groups excluding carboxylic acids is 3. The van der Waals surface area contributed by atoms with Gasteiger partial charge in [0.25, 0.3) is 5.91 Å². The van der Waals surface area contributed by atoms with Crippen LogP contribution in [0.3, 0.4) is 0 Å². The molecule has 0 heterocycles. The van der Waals surface area contributed by atoms with Gasteiger partial charge in [0.15, 0.2) is 6.61 Å². The van der Waals surface area contributed by atoms with E-state index in [-0.39, 0.29) is 18.6 Å². The van der Waals surface area contributed by atoms with E-state index in [9.17, 15) is 14.4 Å². The second kappa shape index (κ2) is 11.2. The van der Waals surface area contributed by atoms with E-state index in [1.807, 2.05) is 25.1 Å². The summed E-state index contributed by atoms with van der Waals surface area (Å²) in [6.07, 6.45) is 2.10. The van der Waals surface area contributed by atoms with Crippen LogP contribution in [-0.2, 0) is 14.4 Å². The van der Waals surface area contributed by atoms with E-state index in [1.54, 1.807) is 43.3 Å². The van der Waals surface area contributed by atoms with Gasteiger partial charge in [-0.05, 0) is 43.2 Å². The summed E-state index contributed by atoms with van der Waals surface area (Å²) >= 11 is 0. The lowest BCUT2D eigenvalue weighted by Gasteiger charge is -2.09. The van der Waals surface area contributed by atoms with E-state index in [2.05, 4.69) is 21.2 Å². The monoisotopic (exact) mass is 396 g/mol. The summed E-state index contributed by atoms with van der Waals surface area (Å²) in [6, 6.07) is 15.8. The number of benzene rings is 2. The van der Waals surface area contributed by atoms with Gasteiger partial charge >= 0.3 is 11.8 Å². The van der Waals surface area contributed by atoms with Gasteiger partial charge in [0.1, 0.15) is 5.75 Å². The number of ether oxygens (including phenoxy) is 1. The SMILES string of the molecule is CC[C@H](C)NC(=O)C(=O)N/N=C\c1cccc(OCC(=O)Nc2ccccc2)c1. The predicted molar refractivity (Wildman–Crippen MR) is 111 cm³/mol. The number of carbonyl (C=O) groups is 3. The maximum absolute atomic E-state index is 11.9. The lowest BCUT2D eigenvalue weighted by Crippen LogP contribution is -2.41. The molecule has 152 valence electrons. The molecule has 0 aromatic heterocycles. The number of amides is 3. The van der Waals surface area contributed by atoms with Crippen LogP contribution in [0.1, 0.15) is 25.8 Å². The summed E-state index contributed by atoms with van der Waals surface area (Å²) < 4.78 is 5.48. The highest BCUT2D eigenvalue weighted by molar-refractivity contribution is 6.35. The highest BCUT2D eigenvalue weighted by atomic mass is 16.5. The van der Waals surface area contributed by atoms with E-state index < -0.39 is 11.8 Å². The Morgan fingerprint density at radius 3 is 2.55 bits per heavy atom. The lowest BCUT2D eigenvalue weighted by molar-refractivity contribution is -0.139. The van der Waals surface area contributed by atoms with Crippen LogP contribution in [0.25, 0.3) is 0 Å². The Bertz CT molecular complexity index is 868. The van der Waals surface area contributed by atoms with Gasteiger partial charge in [0.05, 0.1) is 6.21 Å². The maximum Gasteiger partial charge on any atom is 0.329 e. The first-order valence-electron chi connectivity index (χ1n) is 9.19. The molecule has 1 atom stereocenters. The first kappa shape index (κ1) is 21.6. The Balaban J connectivity index is 1.82. The van der Waals surface area contributed by atoms with Crippen LogP contribution in [-0.4, -0.2) is 36.6 Å². The molecule has 0 saturated heterocycles. The van der Waals surface area contributed by atoms with Crippen molar-refractivity contribution < 1.29 is 19.1 Å². The molecule has 8 heteroatoms. The van der Waals surface area contributed by atoms with Crippen molar-refractivity contribution in [2.24, 2.45) is 5.10 Å². The summed E-state index contributed by atoms with van der Waals surface area (Å²) in [5.74, 6) is -1.39. The van der Waals surface area contributed by atoms with Gasteiger partial charge in [-0.15, -0.1) is 0 Å². The number of anilines is 1. The van der Waals surface area contributed by atoms with Crippen LogP contribution < -0.4 is 20.8 Å². The molecular weight excluding hydrogens is 372 g/mol. The van der Waals surface area contributed by atoms with Crippen LogP contribution in [0, 0.1) is 0 Å². The average molecular weight is 396 g/mol. The van der Waals surface area contributed by atoms with Gasteiger partial charge in [-0.25, -0.2) is 5.43 Å². The highest BCUT2D eigenvalue weighted by Gasteiger charge is 2.14. The normalized spacial score (nSPS) is 11.5. The molecule has 2 aromatic carbocycles. The van der Waals surface area contributed by atoms with E-state index >= 15 is 0 Å². The number of hydrogen-bond donors (Lipinski definition) is 3. The first-order valence-corrected chi connectivity index (χ1v) is 9.19. The number of para-hydroxylation sites is 1. The molecule has 29 heavy (non-hydrogen) atoms. The van der Waals surface area contributed by atoms with Crippen molar-refractivity contribution in [3.63, 3.8) is 0 Å². The summed E-state index contributed by atoms with van der Waals surface area (Å²) in [6.45, 7) is 3.56. The first-order chi connectivity index (χ1) is 14.0. The van der Waals surface area contributed by atoms with Crippen LogP contribution in [0.4, 0.5) is 5.69 Å². The van der Waals surface area contributed by atoms with Crippen molar-refractivity contribution >= 4 is 29.6 Å². The zero-order chi connectivity index (χ0) is 21.1. The Labute approximate surface area is 169 Å². The minimum Gasteiger partial charge on any atom is -0.484 e. The molecule has 0 radical (unpaired) electrons. The zero-order valence-electron chi connectivity index (χ0n) is 16.3. The fraction of sp³-hybridized carbons (Fsp3) is 0.238. The average Bonchev–Trinajstić information content (AvgIpc) is 2.73. The molecule has 0 bridgehead atoms. The van der Waals surface area contributed by atoms with Crippen molar-refractivity contribution in [1.29, 1.82) is 0 Å². The maximum atomic E-state index is 11.9. The van der Waals surface area contributed by atoms with Crippen LogP contribution in [0.5, 0.6) is 5.75 Å². The van der Waals surface area contributed by atoms with E-state index in [4.69, 9.17) is 4.74 Å². The molecule has 3 amide bonds. The molecule has 2 aromatic rings. The third kappa shape index (κ3) is 7.84. The quantitative estimate of drug-likeness (QED) is 0.360. The molecule has 0 unspecified atom stereocenters. The second-order valence-corrected chi connectivity index (χ2v) is 6.26. The largest absolute Gasteiger partial charge is 0.484 e. The van der Waals surface area contributed by atoms with Crippen molar-refractivity contribution in [3.8, 4) is 5.75 Å². The smallest absolute Gasteiger partial charge is 0.329 e. The molecular formula is C21H24N4O4. The van der Waals surface area contributed by atoms with Crippen LogP contribution >= 0.6 is 0 Å². The molecule has 0 aliphatic heterocycles. The third-order valence-electron chi connectivity index (χ3n) is 3.86. The van der Waals surface area contributed by atoms with Crippen LogP contribution in [0.2, 0.25) is 0 Å². The van der Waals surface area contributed by atoms with E-state index in [0.717, 1.165) is 6.42 Å². The summed E-state index contributed by atoms with van der Waals surface area (Å²) in [4.78, 5) is 35.2. The minimum atomic E-state index is -0.841. The molecule has 2 rings (SSSR count). The van der Waals surface area contributed by atoms with Gasteiger partial charge in [-0.2, -0.15) is 5.10 Å². The molecule has 0 saturated carbocycles. The number of hydrogen-bond acceptors (Lipinski definition) is 5. The summed E-state index contributed by atoms with van der Waals surface area (Å²) in [7, 11) is 0. The number of hydrazone groups is 1. The Hall–Kier alpha value is -3.68. The van der Waals surface area contributed by atoms with Crippen LogP contribution in [0.15, 0.2) is 59.7 Å². The van der Waals surface area contributed by atoms with Gasteiger partial charge in [0.2, 0.25) is 0 Å².